The predicted octanol–water partition coefficient (Wildman–Crippen LogP) is 9.70. The molecular formula is C42H29N3O3. The number of nitrogens with zero attached hydrogens (tertiary/aromatic N) is 3. The summed E-state index contributed by atoms with van der Waals surface area (Å²) in [6.45, 7) is 0.341. The average molecular weight is 624 g/mol. The third kappa shape index (κ3) is 4.95. The van der Waals surface area contributed by atoms with E-state index in [1.165, 1.54) is 0 Å². The van der Waals surface area contributed by atoms with E-state index in [1.54, 1.807) is 0 Å². The third-order valence-electron chi connectivity index (χ3n) is 8.81. The normalized spacial score (nSPS) is 11.7. The van der Waals surface area contributed by atoms with Crippen molar-refractivity contribution in [1.82, 2.24) is 15.0 Å². The van der Waals surface area contributed by atoms with Crippen LogP contribution in [0.15, 0.2) is 146 Å². The fourth-order valence-corrected chi connectivity index (χ4v) is 6.55. The summed E-state index contributed by atoms with van der Waals surface area (Å²) in [4.78, 5) is 14.8. The minimum atomic E-state index is -0.555. The number of hydrogen-bond donors (Lipinski definition) is 0. The van der Waals surface area contributed by atoms with Crippen molar-refractivity contribution in [3.8, 4) is 17.6 Å². The molecule has 9 aromatic rings. The van der Waals surface area contributed by atoms with E-state index in [1.807, 2.05) is 109 Å². The lowest BCUT2D eigenvalue weighted by atomic mass is 10.1. The summed E-state index contributed by atoms with van der Waals surface area (Å²) in [5, 5.41) is 9.27. The van der Waals surface area contributed by atoms with E-state index >= 15 is 0 Å². The second kappa shape index (κ2) is 11.8. The van der Waals surface area contributed by atoms with Gasteiger partial charge in [0.05, 0.1) is 16.6 Å². The lowest BCUT2D eigenvalue weighted by molar-refractivity contribution is 0.0772. The number of aromatic nitrogens is 3. The number of rotatable bonds is 8. The molecule has 6 nitrogen and oxygen atoms in total. The van der Waals surface area contributed by atoms with Crippen LogP contribution in [-0.2, 0) is 0 Å². The minimum Gasteiger partial charge on any atom is -0.473 e. The third-order valence-corrected chi connectivity index (χ3v) is 8.81. The quantitative estimate of drug-likeness (QED) is 0.157. The fourth-order valence-electron chi connectivity index (χ4n) is 6.55. The summed E-state index contributed by atoms with van der Waals surface area (Å²) in [6.07, 6.45) is -0.555. The van der Waals surface area contributed by atoms with E-state index in [9.17, 15) is 0 Å². The highest BCUT2D eigenvalue weighted by Crippen LogP contribution is 2.34. The molecule has 0 bridgehead atoms. The van der Waals surface area contributed by atoms with Crippen molar-refractivity contribution < 1.29 is 14.2 Å². The number of pyridine rings is 3. The minimum absolute atomic E-state index is 0.170. The molecule has 0 amide bonds. The van der Waals surface area contributed by atoms with Crippen LogP contribution < -0.4 is 14.2 Å². The Morgan fingerprint density at radius 1 is 0.333 bits per heavy atom. The zero-order chi connectivity index (χ0) is 31.9. The zero-order valence-corrected chi connectivity index (χ0v) is 25.9. The smallest absolute Gasteiger partial charge is 0.222 e. The molecule has 0 aliphatic rings. The summed E-state index contributed by atoms with van der Waals surface area (Å²) >= 11 is 0. The molecule has 0 aliphatic heterocycles. The highest BCUT2D eigenvalue weighted by molar-refractivity contribution is 6.09. The Hall–Kier alpha value is -6.27. The van der Waals surface area contributed by atoms with Crippen molar-refractivity contribution in [3.05, 3.63) is 146 Å². The SMILES string of the molecule is c1ccc2c(c1)nc(OCC(COc1nc3ccccc3c3ccccc13)Oc1nc3ccccc3c3ccccc13)c1ccccc12. The number of ether oxygens (including phenoxy) is 3. The Morgan fingerprint density at radius 2 is 0.625 bits per heavy atom. The summed E-state index contributed by atoms with van der Waals surface area (Å²) < 4.78 is 19.8. The number of hydrogen-bond acceptors (Lipinski definition) is 6. The molecule has 3 heterocycles. The van der Waals surface area contributed by atoms with E-state index < -0.39 is 6.10 Å². The Morgan fingerprint density at radius 3 is 1.02 bits per heavy atom. The van der Waals surface area contributed by atoms with Gasteiger partial charge in [0.25, 0.3) is 0 Å². The second-order valence-electron chi connectivity index (χ2n) is 11.8. The first-order valence-electron chi connectivity index (χ1n) is 16.0. The zero-order valence-electron chi connectivity index (χ0n) is 25.9. The average Bonchev–Trinajstić information content (AvgIpc) is 3.15. The van der Waals surface area contributed by atoms with Crippen LogP contribution >= 0.6 is 0 Å². The first kappa shape index (κ1) is 28.0. The maximum Gasteiger partial charge on any atom is 0.222 e. The van der Waals surface area contributed by atoms with Crippen molar-refractivity contribution in [2.24, 2.45) is 0 Å². The Labute approximate surface area is 276 Å². The van der Waals surface area contributed by atoms with Crippen LogP contribution in [0, 0.1) is 0 Å². The van der Waals surface area contributed by atoms with Gasteiger partial charge in [0.2, 0.25) is 17.6 Å². The van der Waals surface area contributed by atoms with Crippen LogP contribution in [0.5, 0.6) is 17.6 Å². The van der Waals surface area contributed by atoms with Crippen molar-refractivity contribution in [3.63, 3.8) is 0 Å². The lowest BCUT2D eigenvalue weighted by Gasteiger charge is -2.21. The molecule has 6 aromatic carbocycles. The Bertz CT molecular complexity index is 2520. The highest BCUT2D eigenvalue weighted by atomic mass is 16.6. The van der Waals surface area contributed by atoms with Gasteiger partial charge in [0.15, 0.2) is 6.10 Å². The molecule has 0 unspecified atom stereocenters. The van der Waals surface area contributed by atoms with Gasteiger partial charge in [-0.15, -0.1) is 0 Å². The molecule has 0 N–H and O–H groups in total. The second-order valence-corrected chi connectivity index (χ2v) is 11.8. The lowest BCUT2D eigenvalue weighted by Crippen LogP contribution is -2.32. The van der Waals surface area contributed by atoms with Gasteiger partial charge in [-0.2, -0.15) is 0 Å². The van der Waals surface area contributed by atoms with E-state index in [4.69, 9.17) is 29.2 Å². The van der Waals surface area contributed by atoms with Crippen LogP contribution in [0.25, 0.3) is 65.0 Å². The summed E-state index contributed by atoms with van der Waals surface area (Å²) in [5.41, 5.74) is 2.60. The van der Waals surface area contributed by atoms with Gasteiger partial charge < -0.3 is 14.2 Å². The van der Waals surface area contributed by atoms with Gasteiger partial charge in [-0.25, -0.2) is 15.0 Å². The van der Waals surface area contributed by atoms with Gasteiger partial charge in [0.1, 0.15) is 13.2 Å². The highest BCUT2D eigenvalue weighted by Gasteiger charge is 2.20. The van der Waals surface area contributed by atoms with Crippen LogP contribution in [0.3, 0.4) is 0 Å². The maximum atomic E-state index is 6.76. The number of para-hydroxylation sites is 3. The molecule has 3 aromatic heterocycles. The largest absolute Gasteiger partial charge is 0.473 e. The molecule has 0 radical (unpaired) electrons. The van der Waals surface area contributed by atoms with Crippen molar-refractivity contribution in [1.29, 1.82) is 0 Å². The predicted molar refractivity (Wildman–Crippen MR) is 193 cm³/mol. The standard InChI is InChI=1S/C42H29N3O3/c1-4-19-34-28(13-1)31-16-7-10-22-37(31)43-40(34)46-25-27(48-42-36-21-6-3-15-30(36)33-18-9-12-24-39(33)45-42)26-47-41-35-20-5-2-14-29(35)32-17-8-11-23-38(32)44-41/h1-24,27H,25-26H2. The van der Waals surface area contributed by atoms with Gasteiger partial charge in [-0.3, -0.25) is 0 Å². The van der Waals surface area contributed by atoms with Crippen molar-refractivity contribution in [2.75, 3.05) is 13.2 Å². The molecule has 0 fully saturated rings. The van der Waals surface area contributed by atoms with Gasteiger partial charge >= 0.3 is 0 Å². The summed E-state index contributed by atoms with van der Waals surface area (Å²) in [7, 11) is 0. The molecule has 230 valence electrons. The van der Waals surface area contributed by atoms with E-state index in [0.717, 1.165) is 65.0 Å². The molecule has 6 heteroatoms. The van der Waals surface area contributed by atoms with Crippen LogP contribution in [-0.4, -0.2) is 34.3 Å². The number of benzene rings is 6. The fraction of sp³-hybridized carbons (Fsp3) is 0.0714. The molecular weight excluding hydrogens is 594 g/mol. The van der Waals surface area contributed by atoms with Crippen LogP contribution in [0.4, 0.5) is 0 Å². The molecule has 0 saturated carbocycles. The molecule has 0 spiro atoms. The van der Waals surface area contributed by atoms with Crippen LogP contribution in [0.2, 0.25) is 0 Å². The first-order chi connectivity index (χ1) is 23.8. The Balaban J connectivity index is 1.11. The number of fused-ring (bicyclic) bond motifs is 9. The molecule has 0 aliphatic carbocycles. The van der Waals surface area contributed by atoms with Crippen molar-refractivity contribution >= 4 is 65.0 Å². The van der Waals surface area contributed by atoms with Gasteiger partial charge in [-0.1, -0.05) is 109 Å². The topological polar surface area (TPSA) is 66.4 Å². The van der Waals surface area contributed by atoms with Gasteiger partial charge in [-0.05, 0) is 52.6 Å². The Kier molecular flexibility index (Phi) is 6.90. The summed E-state index contributed by atoms with van der Waals surface area (Å²) in [6, 6.07) is 48.9. The summed E-state index contributed by atoms with van der Waals surface area (Å²) in [5.74, 6) is 1.61. The molecule has 9 rings (SSSR count). The molecule has 48 heavy (non-hydrogen) atoms. The van der Waals surface area contributed by atoms with E-state index in [-0.39, 0.29) is 13.2 Å². The monoisotopic (exact) mass is 623 g/mol. The maximum absolute atomic E-state index is 6.76. The molecule has 0 saturated heterocycles. The van der Waals surface area contributed by atoms with E-state index in [2.05, 4.69) is 36.4 Å². The van der Waals surface area contributed by atoms with Crippen LogP contribution in [0.1, 0.15) is 0 Å². The van der Waals surface area contributed by atoms with Gasteiger partial charge in [0, 0.05) is 32.3 Å². The first-order valence-corrected chi connectivity index (χ1v) is 16.0. The van der Waals surface area contributed by atoms with E-state index in [0.29, 0.717) is 17.6 Å². The van der Waals surface area contributed by atoms with Crippen molar-refractivity contribution in [2.45, 2.75) is 6.10 Å². The molecule has 0 atom stereocenters.